The number of ether oxygens (including phenoxy) is 1. The normalized spacial score (nSPS) is 15.0. The number of carbonyl (C=O) groups is 5. The summed E-state index contributed by atoms with van der Waals surface area (Å²) in [5.41, 5.74) is 1.77. The lowest BCUT2D eigenvalue weighted by molar-refractivity contribution is -0.148. The Morgan fingerprint density at radius 1 is 0.884 bits per heavy atom. The summed E-state index contributed by atoms with van der Waals surface area (Å²) in [5.74, 6) is -0.740. The summed E-state index contributed by atoms with van der Waals surface area (Å²) in [4.78, 5) is 62.1. The maximum absolute atomic E-state index is 12.9. The topological polar surface area (TPSA) is 134 Å². The second-order valence-electron chi connectivity index (χ2n) is 11.6. The van der Waals surface area contributed by atoms with Crippen molar-refractivity contribution in [2.75, 3.05) is 24.2 Å². The molecule has 0 aromatic heterocycles. The highest BCUT2D eigenvalue weighted by Gasteiger charge is 2.25. The van der Waals surface area contributed by atoms with Crippen LogP contribution in [0.5, 0.6) is 0 Å². The summed E-state index contributed by atoms with van der Waals surface area (Å²) in [6, 6.07) is 6.77. The number of rotatable bonds is 19. The number of carbonyl (C=O) groups excluding carboxylic acids is 5. The minimum absolute atomic E-state index is 0.0950. The van der Waals surface area contributed by atoms with E-state index in [2.05, 4.69) is 29.8 Å². The third-order valence-corrected chi connectivity index (χ3v) is 8.23. The molecule has 43 heavy (non-hydrogen) atoms. The van der Waals surface area contributed by atoms with Crippen LogP contribution in [0.2, 0.25) is 0 Å². The van der Waals surface area contributed by atoms with Gasteiger partial charge in [0.1, 0.15) is 12.6 Å². The predicted molar refractivity (Wildman–Crippen MR) is 170 cm³/mol. The van der Waals surface area contributed by atoms with Crippen molar-refractivity contribution in [1.29, 1.82) is 0 Å². The van der Waals surface area contributed by atoms with Gasteiger partial charge in [-0.15, -0.1) is 0 Å². The monoisotopic (exact) mass is 616 g/mol. The van der Waals surface area contributed by atoms with E-state index in [9.17, 15) is 24.0 Å². The average molecular weight is 617 g/mol. The lowest BCUT2D eigenvalue weighted by Gasteiger charge is -2.24. The number of anilines is 1. The van der Waals surface area contributed by atoms with E-state index in [0.717, 1.165) is 17.0 Å². The number of unbranched alkanes of at least 4 members (excludes halogenated alkanes) is 2. The minimum atomic E-state index is -0.658. The molecule has 0 spiro atoms. The molecule has 10 nitrogen and oxygen atoms in total. The first-order valence-electron chi connectivity index (χ1n) is 15.1. The third kappa shape index (κ3) is 13.2. The van der Waals surface area contributed by atoms with Gasteiger partial charge in [0.2, 0.25) is 11.8 Å². The Morgan fingerprint density at radius 3 is 2.14 bits per heavy atom. The van der Waals surface area contributed by atoms with Crippen LogP contribution < -0.4 is 16.0 Å². The standard InChI is InChI=1S/C32H48N4O6S/c1-21(2)30(35-27(37)10-8-7-9-17-36-28(38)15-16-29(36)39)31(40)34-24(6)18-33-26-13-11-25(12-14-26)19-42-32(41)23(5)20-43-22(3)4/h11-16,21-24,30,33H,7-10,17-20H2,1-6H3,(H,34,40)(H,35,37)/t23?,24-,30-/m0/s1. The SMILES string of the molecule is CC(C)SCC(C)C(=O)OCc1ccc(NC[C@H](C)NC(=O)[C@@H](NC(=O)CCCCCN2C(=O)C=CC2=O)C(C)C)cc1. The highest BCUT2D eigenvalue weighted by molar-refractivity contribution is 7.99. The van der Waals surface area contributed by atoms with Crippen molar-refractivity contribution in [3.63, 3.8) is 0 Å². The number of nitrogens with one attached hydrogen (secondary N) is 3. The first-order chi connectivity index (χ1) is 20.4. The van der Waals surface area contributed by atoms with Gasteiger partial charge in [-0.1, -0.05) is 53.2 Å². The molecule has 4 amide bonds. The number of thioether (sulfide) groups is 1. The molecule has 1 aromatic rings. The largest absolute Gasteiger partial charge is 0.461 e. The molecule has 1 aliphatic heterocycles. The molecule has 0 fully saturated rings. The van der Waals surface area contributed by atoms with Gasteiger partial charge < -0.3 is 20.7 Å². The Morgan fingerprint density at radius 2 is 1.53 bits per heavy atom. The first-order valence-corrected chi connectivity index (χ1v) is 16.2. The van der Waals surface area contributed by atoms with Crippen LogP contribution in [0.1, 0.15) is 72.8 Å². The Kier molecular flexibility index (Phi) is 15.3. The maximum atomic E-state index is 12.9. The number of imide groups is 1. The van der Waals surface area contributed by atoms with E-state index in [4.69, 9.17) is 4.74 Å². The van der Waals surface area contributed by atoms with Gasteiger partial charge in [0.25, 0.3) is 11.8 Å². The van der Waals surface area contributed by atoms with Crippen LogP contribution in [0.25, 0.3) is 0 Å². The summed E-state index contributed by atoms with van der Waals surface area (Å²) >= 11 is 1.74. The summed E-state index contributed by atoms with van der Waals surface area (Å²) in [5, 5.41) is 9.60. The van der Waals surface area contributed by atoms with Crippen molar-refractivity contribution in [3.05, 3.63) is 42.0 Å². The zero-order valence-electron chi connectivity index (χ0n) is 26.3. The van der Waals surface area contributed by atoms with Crippen molar-refractivity contribution in [2.45, 2.75) is 91.2 Å². The fourth-order valence-corrected chi connectivity index (χ4v) is 5.05. The predicted octanol–water partition coefficient (Wildman–Crippen LogP) is 4.05. The average Bonchev–Trinajstić information content (AvgIpc) is 3.28. The lowest BCUT2D eigenvalue weighted by Crippen LogP contribution is -2.52. The van der Waals surface area contributed by atoms with E-state index in [1.165, 1.54) is 17.1 Å². The summed E-state index contributed by atoms with van der Waals surface area (Å²) in [6.45, 7) is 12.8. The van der Waals surface area contributed by atoms with Gasteiger partial charge in [-0.05, 0) is 48.6 Å². The molecule has 1 aromatic carbocycles. The van der Waals surface area contributed by atoms with Crippen molar-refractivity contribution in [1.82, 2.24) is 15.5 Å². The van der Waals surface area contributed by atoms with Crippen LogP contribution in [-0.4, -0.2) is 70.7 Å². The van der Waals surface area contributed by atoms with E-state index >= 15 is 0 Å². The number of hydrogen-bond donors (Lipinski definition) is 3. The molecule has 0 aliphatic carbocycles. The molecular formula is C32H48N4O6S. The second-order valence-corrected chi connectivity index (χ2v) is 13.2. The van der Waals surface area contributed by atoms with Gasteiger partial charge in [-0.2, -0.15) is 11.8 Å². The zero-order valence-corrected chi connectivity index (χ0v) is 27.1. The molecule has 2 rings (SSSR count). The van der Waals surface area contributed by atoms with Gasteiger partial charge in [-0.3, -0.25) is 28.9 Å². The van der Waals surface area contributed by atoms with E-state index in [1.54, 1.807) is 11.8 Å². The second kappa shape index (κ2) is 18.4. The van der Waals surface area contributed by atoms with Crippen LogP contribution in [0.15, 0.2) is 36.4 Å². The number of nitrogens with zero attached hydrogens (tertiary/aromatic N) is 1. The molecule has 1 aliphatic rings. The molecule has 11 heteroatoms. The lowest BCUT2D eigenvalue weighted by atomic mass is 10.0. The minimum Gasteiger partial charge on any atom is -0.461 e. The summed E-state index contributed by atoms with van der Waals surface area (Å²) in [7, 11) is 0. The Hall–Kier alpha value is -3.34. The summed E-state index contributed by atoms with van der Waals surface area (Å²) in [6.07, 6.45) is 4.70. The third-order valence-electron chi connectivity index (χ3n) is 6.87. The fraction of sp³-hybridized carbons (Fsp3) is 0.594. The Labute approximate surface area is 260 Å². The van der Waals surface area contributed by atoms with Crippen LogP contribution in [0.3, 0.4) is 0 Å². The number of esters is 1. The molecule has 3 atom stereocenters. The van der Waals surface area contributed by atoms with Gasteiger partial charge >= 0.3 is 5.97 Å². The van der Waals surface area contributed by atoms with Gasteiger partial charge in [0.05, 0.1) is 5.92 Å². The molecule has 238 valence electrons. The highest BCUT2D eigenvalue weighted by atomic mass is 32.2. The van der Waals surface area contributed by atoms with Crippen LogP contribution in [0.4, 0.5) is 5.69 Å². The van der Waals surface area contributed by atoms with Crippen LogP contribution in [-0.2, 0) is 35.3 Å². The first kappa shape index (κ1) is 35.9. The molecular weight excluding hydrogens is 568 g/mol. The van der Waals surface area contributed by atoms with E-state index in [0.29, 0.717) is 37.6 Å². The van der Waals surface area contributed by atoms with E-state index in [1.807, 2.05) is 52.0 Å². The van der Waals surface area contributed by atoms with E-state index < -0.39 is 6.04 Å². The quantitative estimate of drug-likeness (QED) is 0.120. The van der Waals surface area contributed by atoms with Gasteiger partial charge in [-0.25, -0.2) is 0 Å². The Balaban J connectivity index is 1.69. The van der Waals surface area contributed by atoms with Gasteiger partial charge in [0.15, 0.2) is 0 Å². The van der Waals surface area contributed by atoms with Crippen LogP contribution >= 0.6 is 11.8 Å². The molecule has 3 N–H and O–H groups in total. The maximum Gasteiger partial charge on any atom is 0.309 e. The number of benzene rings is 1. The molecule has 1 unspecified atom stereocenters. The Bertz CT molecular complexity index is 1100. The van der Waals surface area contributed by atoms with Gasteiger partial charge in [0, 0.05) is 49.1 Å². The van der Waals surface area contributed by atoms with Crippen molar-refractivity contribution in [2.24, 2.45) is 11.8 Å². The number of amides is 4. The smallest absolute Gasteiger partial charge is 0.309 e. The molecule has 0 bridgehead atoms. The summed E-state index contributed by atoms with van der Waals surface area (Å²) < 4.78 is 5.46. The van der Waals surface area contributed by atoms with Crippen LogP contribution in [0, 0.1) is 11.8 Å². The molecule has 0 saturated heterocycles. The highest BCUT2D eigenvalue weighted by Crippen LogP contribution is 2.17. The molecule has 0 radical (unpaired) electrons. The van der Waals surface area contributed by atoms with E-state index in [-0.39, 0.29) is 60.5 Å². The number of hydrogen-bond acceptors (Lipinski definition) is 8. The zero-order chi connectivity index (χ0) is 31.9. The van der Waals surface area contributed by atoms with Crippen molar-refractivity contribution >= 4 is 47.0 Å². The molecule has 0 saturated carbocycles. The fourth-order valence-electron chi connectivity index (χ4n) is 4.24. The van der Waals surface area contributed by atoms with Crippen molar-refractivity contribution < 1.29 is 28.7 Å². The van der Waals surface area contributed by atoms with Crippen molar-refractivity contribution in [3.8, 4) is 0 Å². The molecule has 1 heterocycles.